The molecule has 2 aromatic rings. The molecule has 2 atom stereocenters. The van der Waals surface area contributed by atoms with Crippen molar-refractivity contribution in [3.8, 4) is 0 Å². The fourth-order valence-electron chi connectivity index (χ4n) is 3.91. The molecule has 1 fully saturated rings. The SMILES string of the molecule is CCNC(=O)[C@@H]1C[C@H](NCc2ccccc2C(F)(F)F)CN1C/C=C/c1ccccc1. The third-order valence-corrected chi connectivity index (χ3v) is 5.41. The number of halogens is 3. The molecule has 0 bridgehead atoms. The van der Waals surface area contributed by atoms with Crippen LogP contribution in [0.25, 0.3) is 6.08 Å². The fourth-order valence-corrected chi connectivity index (χ4v) is 3.91. The average molecular weight is 432 g/mol. The lowest BCUT2D eigenvalue weighted by molar-refractivity contribution is -0.138. The fraction of sp³-hybridized carbons (Fsp3) is 0.375. The van der Waals surface area contributed by atoms with Gasteiger partial charge in [0.05, 0.1) is 11.6 Å². The molecule has 1 aliphatic rings. The van der Waals surface area contributed by atoms with Crippen LogP contribution in [0.2, 0.25) is 0 Å². The summed E-state index contributed by atoms with van der Waals surface area (Å²) in [6.45, 7) is 3.70. The van der Waals surface area contributed by atoms with Crippen molar-refractivity contribution in [1.82, 2.24) is 15.5 Å². The molecule has 166 valence electrons. The number of hydrogen-bond donors (Lipinski definition) is 2. The Hall–Kier alpha value is -2.64. The van der Waals surface area contributed by atoms with E-state index in [0.29, 0.717) is 26.1 Å². The van der Waals surface area contributed by atoms with Crippen molar-refractivity contribution < 1.29 is 18.0 Å². The van der Waals surface area contributed by atoms with Crippen LogP contribution in [0.4, 0.5) is 13.2 Å². The zero-order valence-electron chi connectivity index (χ0n) is 17.5. The van der Waals surface area contributed by atoms with E-state index in [-0.39, 0.29) is 30.1 Å². The van der Waals surface area contributed by atoms with Crippen LogP contribution in [0, 0.1) is 0 Å². The summed E-state index contributed by atoms with van der Waals surface area (Å²) in [6, 6.07) is 15.1. The summed E-state index contributed by atoms with van der Waals surface area (Å²) in [6.07, 6.45) is 0.197. The first-order valence-corrected chi connectivity index (χ1v) is 10.5. The first-order valence-electron chi connectivity index (χ1n) is 10.5. The molecule has 7 heteroatoms. The lowest BCUT2D eigenvalue weighted by Gasteiger charge is -2.21. The number of carbonyl (C=O) groups is 1. The minimum Gasteiger partial charge on any atom is -0.355 e. The number of likely N-dealkylation sites (N-methyl/N-ethyl adjacent to an activating group) is 1. The summed E-state index contributed by atoms with van der Waals surface area (Å²) in [5.74, 6) is -0.0457. The molecular formula is C24H28F3N3O. The molecular weight excluding hydrogens is 403 g/mol. The maximum atomic E-state index is 13.2. The van der Waals surface area contributed by atoms with Gasteiger partial charge in [-0.05, 0) is 30.5 Å². The van der Waals surface area contributed by atoms with Crippen LogP contribution in [0.5, 0.6) is 0 Å². The molecule has 2 aromatic carbocycles. The van der Waals surface area contributed by atoms with E-state index in [2.05, 4.69) is 15.5 Å². The van der Waals surface area contributed by atoms with Crippen LogP contribution in [0.3, 0.4) is 0 Å². The number of likely N-dealkylation sites (tertiary alicyclic amines) is 1. The molecule has 1 heterocycles. The van der Waals surface area contributed by atoms with Crippen LogP contribution >= 0.6 is 0 Å². The number of nitrogens with one attached hydrogen (secondary N) is 2. The molecule has 4 nitrogen and oxygen atoms in total. The van der Waals surface area contributed by atoms with Gasteiger partial charge in [0.25, 0.3) is 0 Å². The number of nitrogens with zero attached hydrogens (tertiary/aromatic N) is 1. The van der Waals surface area contributed by atoms with Crippen molar-refractivity contribution in [2.24, 2.45) is 0 Å². The van der Waals surface area contributed by atoms with Gasteiger partial charge in [-0.3, -0.25) is 9.69 Å². The summed E-state index contributed by atoms with van der Waals surface area (Å²) < 4.78 is 39.7. The molecule has 0 aliphatic carbocycles. The third kappa shape index (κ3) is 6.42. The van der Waals surface area contributed by atoms with E-state index in [0.717, 1.165) is 11.6 Å². The largest absolute Gasteiger partial charge is 0.416 e. The van der Waals surface area contributed by atoms with E-state index < -0.39 is 11.7 Å². The zero-order chi connectivity index (χ0) is 22.3. The molecule has 2 N–H and O–H groups in total. The number of carbonyl (C=O) groups excluding carboxylic acids is 1. The van der Waals surface area contributed by atoms with Gasteiger partial charge in [0.2, 0.25) is 5.91 Å². The van der Waals surface area contributed by atoms with Crippen LogP contribution in [-0.4, -0.2) is 42.5 Å². The van der Waals surface area contributed by atoms with Crippen LogP contribution in [0.15, 0.2) is 60.7 Å². The summed E-state index contributed by atoms with van der Waals surface area (Å²) in [4.78, 5) is 14.6. The Morgan fingerprint density at radius 3 is 2.55 bits per heavy atom. The molecule has 0 spiro atoms. The van der Waals surface area contributed by atoms with Gasteiger partial charge >= 0.3 is 6.18 Å². The monoisotopic (exact) mass is 431 g/mol. The third-order valence-electron chi connectivity index (χ3n) is 5.41. The highest BCUT2D eigenvalue weighted by molar-refractivity contribution is 5.82. The van der Waals surface area contributed by atoms with Crippen molar-refractivity contribution in [3.63, 3.8) is 0 Å². The first kappa shape index (κ1) is 23.0. The van der Waals surface area contributed by atoms with E-state index in [4.69, 9.17) is 0 Å². The standard InChI is InChI=1S/C24H28F3N3O/c1-2-28-23(31)22-15-20(17-30(22)14-8-11-18-9-4-3-5-10-18)29-16-19-12-6-7-13-21(19)24(25,26)27/h3-13,20,22,29H,2,14-17H2,1H3,(H,28,31)/b11-8+/t20-,22-/m0/s1. The second kappa shape index (κ2) is 10.6. The van der Waals surface area contributed by atoms with Gasteiger partial charge in [-0.15, -0.1) is 0 Å². The number of amides is 1. The normalized spacial score (nSPS) is 19.7. The number of benzene rings is 2. The van der Waals surface area contributed by atoms with Gasteiger partial charge < -0.3 is 10.6 Å². The summed E-state index contributed by atoms with van der Waals surface area (Å²) >= 11 is 0. The van der Waals surface area contributed by atoms with Crippen molar-refractivity contribution in [1.29, 1.82) is 0 Å². The minimum absolute atomic E-state index is 0.0457. The zero-order valence-corrected chi connectivity index (χ0v) is 17.5. The lowest BCUT2D eigenvalue weighted by atomic mass is 10.1. The van der Waals surface area contributed by atoms with Crippen molar-refractivity contribution >= 4 is 12.0 Å². The Morgan fingerprint density at radius 2 is 1.84 bits per heavy atom. The van der Waals surface area contributed by atoms with Crippen LogP contribution < -0.4 is 10.6 Å². The van der Waals surface area contributed by atoms with Crippen LogP contribution in [-0.2, 0) is 17.5 Å². The molecule has 3 rings (SSSR count). The Kier molecular flexibility index (Phi) is 7.87. The second-order valence-corrected chi connectivity index (χ2v) is 7.65. The predicted molar refractivity (Wildman–Crippen MR) is 116 cm³/mol. The van der Waals surface area contributed by atoms with E-state index >= 15 is 0 Å². The first-order chi connectivity index (χ1) is 14.9. The summed E-state index contributed by atoms with van der Waals surface area (Å²) in [7, 11) is 0. The average Bonchev–Trinajstić information content (AvgIpc) is 3.16. The highest BCUT2D eigenvalue weighted by Gasteiger charge is 2.36. The Labute approximate surface area is 181 Å². The summed E-state index contributed by atoms with van der Waals surface area (Å²) in [5.41, 5.74) is 0.671. The van der Waals surface area contributed by atoms with E-state index in [1.807, 2.05) is 49.4 Å². The number of alkyl halides is 3. The molecule has 1 amide bonds. The minimum atomic E-state index is -4.38. The molecule has 0 saturated carbocycles. The second-order valence-electron chi connectivity index (χ2n) is 7.65. The van der Waals surface area contributed by atoms with Crippen molar-refractivity contribution in [3.05, 3.63) is 77.4 Å². The Bertz CT molecular complexity index is 883. The molecule has 0 unspecified atom stereocenters. The van der Waals surface area contributed by atoms with Crippen molar-refractivity contribution in [2.75, 3.05) is 19.6 Å². The Balaban J connectivity index is 1.65. The number of rotatable bonds is 8. The van der Waals surface area contributed by atoms with E-state index in [9.17, 15) is 18.0 Å². The molecule has 1 saturated heterocycles. The smallest absolute Gasteiger partial charge is 0.355 e. The molecule has 0 radical (unpaired) electrons. The topological polar surface area (TPSA) is 44.4 Å². The van der Waals surface area contributed by atoms with E-state index in [1.54, 1.807) is 6.07 Å². The summed E-state index contributed by atoms with van der Waals surface area (Å²) in [5, 5.41) is 6.10. The maximum absolute atomic E-state index is 13.2. The Morgan fingerprint density at radius 1 is 1.13 bits per heavy atom. The number of hydrogen-bond acceptors (Lipinski definition) is 3. The van der Waals surface area contributed by atoms with Gasteiger partial charge in [0.15, 0.2) is 0 Å². The molecule has 31 heavy (non-hydrogen) atoms. The van der Waals surface area contributed by atoms with Gasteiger partial charge in [0.1, 0.15) is 0 Å². The van der Waals surface area contributed by atoms with Crippen LogP contribution in [0.1, 0.15) is 30.0 Å². The highest BCUT2D eigenvalue weighted by atomic mass is 19.4. The van der Waals surface area contributed by atoms with Crippen molar-refractivity contribution in [2.45, 2.75) is 38.1 Å². The quantitative estimate of drug-likeness (QED) is 0.662. The molecule has 1 aliphatic heterocycles. The maximum Gasteiger partial charge on any atom is 0.416 e. The van der Waals surface area contributed by atoms with Gasteiger partial charge in [0, 0.05) is 32.2 Å². The van der Waals surface area contributed by atoms with Gasteiger partial charge in [-0.2, -0.15) is 13.2 Å². The predicted octanol–water partition coefficient (Wildman–Crippen LogP) is 4.09. The highest BCUT2D eigenvalue weighted by Crippen LogP contribution is 2.32. The lowest BCUT2D eigenvalue weighted by Crippen LogP contribution is -2.43. The van der Waals surface area contributed by atoms with Gasteiger partial charge in [-0.1, -0.05) is 60.7 Å². The molecule has 0 aromatic heterocycles. The van der Waals surface area contributed by atoms with E-state index in [1.165, 1.54) is 12.1 Å². The van der Waals surface area contributed by atoms with Gasteiger partial charge in [-0.25, -0.2) is 0 Å².